The summed E-state index contributed by atoms with van der Waals surface area (Å²) in [4.78, 5) is 3.86. The summed E-state index contributed by atoms with van der Waals surface area (Å²) < 4.78 is 0. The molecule has 0 spiro atoms. The monoisotopic (exact) mass is 233 g/mol. The highest BCUT2D eigenvalue weighted by molar-refractivity contribution is 6.36. The average Bonchev–Trinajstić information content (AvgIpc) is 2.33. The molecule has 0 heterocycles. The molecule has 16 heavy (non-hydrogen) atoms. The van der Waals surface area contributed by atoms with Crippen molar-refractivity contribution in [1.29, 1.82) is 0 Å². The van der Waals surface area contributed by atoms with Crippen LogP contribution in [-0.4, -0.2) is 13.0 Å². The number of nitrogens with one attached hydrogen (secondary N) is 1. The molecule has 3 N–H and O–H groups in total. The predicted molar refractivity (Wildman–Crippen MR) is 70.1 cm³/mol. The van der Waals surface area contributed by atoms with Crippen LogP contribution in [0.4, 0.5) is 5.69 Å². The minimum absolute atomic E-state index is 0.382. The molecule has 2 aromatic rings. The number of fused-ring (bicyclic) bond motifs is 1. The highest BCUT2D eigenvalue weighted by Gasteiger charge is 2.04. The van der Waals surface area contributed by atoms with Crippen LogP contribution < -0.4 is 11.1 Å². The van der Waals surface area contributed by atoms with Gasteiger partial charge in [-0.2, -0.15) is 0 Å². The second kappa shape index (κ2) is 4.41. The Kier molecular flexibility index (Phi) is 2.97. The Bertz CT molecular complexity index is 549. The molecule has 0 aliphatic heterocycles. The Labute approximate surface area is 98.9 Å². The van der Waals surface area contributed by atoms with E-state index in [2.05, 4.69) is 10.3 Å². The first kappa shape index (κ1) is 10.8. The van der Waals surface area contributed by atoms with Gasteiger partial charge in [-0.15, -0.1) is 0 Å². The van der Waals surface area contributed by atoms with Crippen LogP contribution in [0.3, 0.4) is 0 Å². The SMILES string of the molecule is CN=C(N)Nc1ccc(Cl)c2ccccc12. The summed E-state index contributed by atoms with van der Waals surface area (Å²) in [6.07, 6.45) is 0. The molecular weight excluding hydrogens is 222 g/mol. The second-order valence-corrected chi connectivity index (χ2v) is 3.78. The summed E-state index contributed by atoms with van der Waals surface area (Å²) in [6, 6.07) is 11.6. The molecule has 0 aromatic heterocycles. The lowest BCUT2D eigenvalue weighted by atomic mass is 10.1. The third kappa shape index (κ3) is 1.95. The van der Waals surface area contributed by atoms with Crippen molar-refractivity contribution in [3.05, 3.63) is 41.4 Å². The summed E-state index contributed by atoms with van der Waals surface area (Å²) in [5.74, 6) is 0.382. The van der Waals surface area contributed by atoms with Crippen molar-refractivity contribution < 1.29 is 0 Å². The summed E-state index contributed by atoms with van der Waals surface area (Å²) in [7, 11) is 1.64. The van der Waals surface area contributed by atoms with Gasteiger partial charge in [0.1, 0.15) is 0 Å². The number of guanidine groups is 1. The zero-order valence-corrected chi connectivity index (χ0v) is 9.62. The number of anilines is 1. The van der Waals surface area contributed by atoms with Gasteiger partial charge < -0.3 is 11.1 Å². The van der Waals surface area contributed by atoms with Gasteiger partial charge in [0.15, 0.2) is 5.96 Å². The Balaban J connectivity index is 2.58. The summed E-state index contributed by atoms with van der Waals surface area (Å²) in [5.41, 5.74) is 6.55. The number of nitrogens with zero attached hydrogens (tertiary/aromatic N) is 1. The number of aliphatic imine (C=N–C) groups is 1. The molecule has 0 saturated carbocycles. The minimum atomic E-state index is 0.382. The van der Waals surface area contributed by atoms with E-state index < -0.39 is 0 Å². The third-order valence-corrected chi connectivity index (χ3v) is 2.70. The van der Waals surface area contributed by atoms with E-state index in [1.165, 1.54) is 0 Å². The van der Waals surface area contributed by atoms with Crippen LogP contribution in [0.5, 0.6) is 0 Å². The molecule has 0 aliphatic carbocycles. The van der Waals surface area contributed by atoms with E-state index in [-0.39, 0.29) is 0 Å². The average molecular weight is 234 g/mol. The fourth-order valence-corrected chi connectivity index (χ4v) is 1.79. The largest absolute Gasteiger partial charge is 0.370 e. The van der Waals surface area contributed by atoms with Crippen molar-refractivity contribution >= 4 is 34.0 Å². The van der Waals surface area contributed by atoms with E-state index in [1.54, 1.807) is 7.05 Å². The van der Waals surface area contributed by atoms with Crippen molar-refractivity contribution in [3.63, 3.8) is 0 Å². The van der Waals surface area contributed by atoms with E-state index in [1.807, 2.05) is 36.4 Å². The lowest BCUT2D eigenvalue weighted by Crippen LogP contribution is -2.22. The van der Waals surface area contributed by atoms with Crippen LogP contribution in [0.2, 0.25) is 5.02 Å². The van der Waals surface area contributed by atoms with Gasteiger partial charge in [-0.25, -0.2) is 0 Å². The van der Waals surface area contributed by atoms with Gasteiger partial charge in [-0.05, 0) is 12.1 Å². The maximum absolute atomic E-state index is 6.11. The van der Waals surface area contributed by atoms with Gasteiger partial charge >= 0.3 is 0 Å². The maximum Gasteiger partial charge on any atom is 0.192 e. The van der Waals surface area contributed by atoms with Crippen LogP contribution in [0.1, 0.15) is 0 Å². The zero-order valence-electron chi connectivity index (χ0n) is 8.87. The molecule has 82 valence electrons. The Hall–Kier alpha value is -1.74. The highest BCUT2D eigenvalue weighted by atomic mass is 35.5. The number of halogens is 1. The lowest BCUT2D eigenvalue weighted by Gasteiger charge is -2.09. The van der Waals surface area contributed by atoms with Crippen molar-refractivity contribution in [2.75, 3.05) is 12.4 Å². The maximum atomic E-state index is 6.11. The molecule has 0 saturated heterocycles. The van der Waals surface area contributed by atoms with Crippen molar-refractivity contribution in [2.45, 2.75) is 0 Å². The molecule has 2 aromatic carbocycles. The topological polar surface area (TPSA) is 50.4 Å². The van der Waals surface area contributed by atoms with E-state index in [0.29, 0.717) is 5.96 Å². The van der Waals surface area contributed by atoms with Gasteiger partial charge in [0, 0.05) is 28.5 Å². The molecule has 0 atom stereocenters. The molecule has 0 amide bonds. The lowest BCUT2D eigenvalue weighted by molar-refractivity contribution is 1.38. The Morgan fingerprint density at radius 2 is 1.88 bits per heavy atom. The smallest absolute Gasteiger partial charge is 0.192 e. The molecule has 0 fully saturated rings. The number of hydrogen-bond donors (Lipinski definition) is 2. The quantitative estimate of drug-likeness (QED) is 0.588. The molecule has 2 rings (SSSR count). The fraction of sp³-hybridized carbons (Fsp3) is 0.0833. The van der Waals surface area contributed by atoms with Gasteiger partial charge in [0.25, 0.3) is 0 Å². The fourth-order valence-electron chi connectivity index (χ4n) is 1.57. The summed E-state index contributed by atoms with van der Waals surface area (Å²) >= 11 is 6.11. The van der Waals surface area contributed by atoms with Gasteiger partial charge in [-0.1, -0.05) is 35.9 Å². The third-order valence-electron chi connectivity index (χ3n) is 2.37. The van der Waals surface area contributed by atoms with Crippen LogP contribution in [0, 0.1) is 0 Å². The van der Waals surface area contributed by atoms with E-state index >= 15 is 0 Å². The molecular formula is C12H12ClN3. The summed E-state index contributed by atoms with van der Waals surface area (Å²) in [6.45, 7) is 0. The molecule has 0 aliphatic rings. The van der Waals surface area contributed by atoms with Gasteiger partial charge in [0.2, 0.25) is 0 Å². The van der Waals surface area contributed by atoms with E-state index in [4.69, 9.17) is 17.3 Å². The van der Waals surface area contributed by atoms with Crippen molar-refractivity contribution in [3.8, 4) is 0 Å². The minimum Gasteiger partial charge on any atom is -0.370 e. The number of benzene rings is 2. The Morgan fingerprint density at radius 1 is 1.19 bits per heavy atom. The van der Waals surface area contributed by atoms with Gasteiger partial charge in [0.05, 0.1) is 0 Å². The van der Waals surface area contributed by atoms with Gasteiger partial charge in [-0.3, -0.25) is 4.99 Å². The zero-order chi connectivity index (χ0) is 11.5. The van der Waals surface area contributed by atoms with E-state index in [0.717, 1.165) is 21.5 Å². The van der Waals surface area contributed by atoms with Crippen molar-refractivity contribution in [2.24, 2.45) is 10.7 Å². The number of nitrogens with two attached hydrogens (primary N) is 1. The number of hydrogen-bond acceptors (Lipinski definition) is 1. The van der Waals surface area contributed by atoms with Crippen LogP contribution >= 0.6 is 11.6 Å². The first-order chi connectivity index (χ1) is 7.72. The molecule has 0 unspecified atom stereocenters. The number of rotatable bonds is 1. The second-order valence-electron chi connectivity index (χ2n) is 3.37. The van der Waals surface area contributed by atoms with Crippen LogP contribution in [-0.2, 0) is 0 Å². The molecule has 0 radical (unpaired) electrons. The van der Waals surface area contributed by atoms with Crippen LogP contribution in [0.25, 0.3) is 10.8 Å². The summed E-state index contributed by atoms with van der Waals surface area (Å²) in [5, 5.41) is 5.79. The molecule has 4 heteroatoms. The van der Waals surface area contributed by atoms with Crippen LogP contribution in [0.15, 0.2) is 41.4 Å². The first-order valence-corrected chi connectivity index (χ1v) is 5.26. The predicted octanol–water partition coefficient (Wildman–Crippen LogP) is 2.85. The highest BCUT2D eigenvalue weighted by Crippen LogP contribution is 2.29. The normalized spacial score (nSPS) is 11.8. The molecule has 3 nitrogen and oxygen atoms in total. The van der Waals surface area contributed by atoms with E-state index in [9.17, 15) is 0 Å². The molecule has 0 bridgehead atoms. The van der Waals surface area contributed by atoms with Crippen molar-refractivity contribution in [1.82, 2.24) is 0 Å². The Morgan fingerprint density at radius 3 is 2.56 bits per heavy atom. The standard InChI is InChI=1S/C12H12ClN3/c1-15-12(14)16-11-7-6-10(13)8-4-2-3-5-9(8)11/h2-7H,1H3,(H3,14,15,16). The first-order valence-electron chi connectivity index (χ1n) is 4.89.